The van der Waals surface area contributed by atoms with Crippen LogP contribution in [0.2, 0.25) is 5.02 Å². The lowest BCUT2D eigenvalue weighted by Crippen LogP contribution is -2.05. The third-order valence-corrected chi connectivity index (χ3v) is 3.08. The summed E-state index contributed by atoms with van der Waals surface area (Å²) < 4.78 is 4.66. The predicted molar refractivity (Wildman–Crippen MR) is 72.6 cm³/mol. The smallest absolute Gasteiger partial charge is 0.310 e. The maximum absolute atomic E-state index is 11.3. The minimum atomic E-state index is -0.290. The number of carbonyl (C=O) groups is 1. The number of hydrogen-bond acceptors (Lipinski definition) is 2. The zero-order chi connectivity index (χ0) is 13.0. The Bertz CT molecular complexity index is 550. The molecule has 0 N–H and O–H groups in total. The van der Waals surface area contributed by atoms with Gasteiger partial charge in [0, 0.05) is 5.02 Å². The van der Waals surface area contributed by atoms with Crippen molar-refractivity contribution in [3.8, 4) is 11.1 Å². The summed E-state index contributed by atoms with van der Waals surface area (Å²) >= 11 is 6.08. The van der Waals surface area contributed by atoms with Crippen LogP contribution in [0.3, 0.4) is 0 Å². The summed E-state index contributed by atoms with van der Waals surface area (Å²) in [5.41, 5.74) is 2.92. The van der Waals surface area contributed by atoms with Crippen LogP contribution < -0.4 is 0 Å². The van der Waals surface area contributed by atoms with Gasteiger partial charge in [0.25, 0.3) is 0 Å². The Morgan fingerprint density at radius 2 is 1.83 bits per heavy atom. The van der Waals surface area contributed by atoms with Gasteiger partial charge in [-0.2, -0.15) is 0 Å². The van der Waals surface area contributed by atoms with E-state index in [-0.39, 0.29) is 12.4 Å². The van der Waals surface area contributed by atoms with E-state index in [1.165, 1.54) is 7.11 Å². The van der Waals surface area contributed by atoms with Crippen molar-refractivity contribution in [1.29, 1.82) is 0 Å². The molecular weight excluding hydrogens is 248 g/mol. The molecule has 92 valence electrons. The van der Waals surface area contributed by atoms with Gasteiger partial charge in [-0.05, 0) is 28.8 Å². The maximum Gasteiger partial charge on any atom is 0.310 e. The number of hydrogen-bond donors (Lipinski definition) is 0. The highest BCUT2D eigenvalue weighted by molar-refractivity contribution is 6.31. The predicted octanol–water partition coefficient (Wildman–Crippen LogP) is 3.72. The van der Waals surface area contributed by atoms with E-state index in [0.29, 0.717) is 5.02 Å². The van der Waals surface area contributed by atoms with Gasteiger partial charge in [-0.3, -0.25) is 4.79 Å². The molecule has 0 saturated heterocycles. The summed E-state index contributed by atoms with van der Waals surface area (Å²) in [5, 5.41) is 0.583. The minimum absolute atomic E-state index is 0.190. The van der Waals surface area contributed by atoms with Gasteiger partial charge in [0.05, 0.1) is 13.5 Å². The largest absolute Gasteiger partial charge is 0.469 e. The molecule has 18 heavy (non-hydrogen) atoms. The molecule has 0 aromatic heterocycles. The van der Waals surface area contributed by atoms with Crippen LogP contribution in [0.15, 0.2) is 48.5 Å². The fourth-order valence-corrected chi connectivity index (χ4v) is 1.93. The molecular formula is C15H13ClO2. The fourth-order valence-electron chi connectivity index (χ4n) is 1.75. The highest BCUT2D eigenvalue weighted by Gasteiger charge is 2.08. The highest BCUT2D eigenvalue weighted by atomic mass is 35.5. The molecule has 0 heterocycles. The van der Waals surface area contributed by atoms with Crippen LogP contribution in [-0.2, 0) is 16.0 Å². The molecule has 0 radical (unpaired) electrons. The van der Waals surface area contributed by atoms with Crippen molar-refractivity contribution in [3.05, 3.63) is 59.1 Å². The van der Waals surface area contributed by atoms with Gasteiger partial charge in [0.1, 0.15) is 0 Å². The van der Waals surface area contributed by atoms with Gasteiger partial charge in [0.2, 0.25) is 0 Å². The van der Waals surface area contributed by atoms with Crippen molar-refractivity contribution in [2.24, 2.45) is 0 Å². The summed E-state index contributed by atoms with van der Waals surface area (Å²) in [7, 11) is 1.37. The standard InChI is InChI=1S/C15H13ClO2/c1-18-15(17)10-13-9-12(7-8-14(13)16)11-5-3-2-4-6-11/h2-9H,10H2,1H3. The molecule has 0 atom stereocenters. The summed E-state index contributed by atoms with van der Waals surface area (Å²) in [4.78, 5) is 11.3. The monoisotopic (exact) mass is 260 g/mol. The molecule has 0 fully saturated rings. The second-order valence-corrected chi connectivity index (χ2v) is 4.33. The fraction of sp³-hybridized carbons (Fsp3) is 0.133. The lowest BCUT2D eigenvalue weighted by molar-refractivity contribution is -0.139. The molecule has 0 bridgehead atoms. The number of carbonyl (C=O) groups excluding carboxylic acids is 1. The van der Waals surface area contributed by atoms with Gasteiger partial charge in [0.15, 0.2) is 0 Å². The average molecular weight is 261 g/mol. The van der Waals surface area contributed by atoms with E-state index in [4.69, 9.17) is 11.6 Å². The summed E-state index contributed by atoms with van der Waals surface area (Å²) in [5.74, 6) is -0.290. The Labute approximate surface area is 111 Å². The summed E-state index contributed by atoms with van der Waals surface area (Å²) in [6.45, 7) is 0. The van der Waals surface area contributed by atoms with Crippen molar-refractivity contribution in [2.45, 2.75) is 6.42 Å². The molecule has 0 saturated carbocycles. The lowest BCUT2D eigenvalue weighted by atomic mass is 10.0. The Kier molecular flexibility index (Phi) is 4.00. The number of methoxy groups -OCH3 is 1. The Morgan fingerprint density at radius 3 is 2.50 bits per heavy atom. The number of esters is 1. The van der Waals surface area contributed by atoms with Gasteiger partial charge in [-0.1, -0.05) is 48.0 Å². The molecule has 2 aromatic rings. The minimum Gasteiger partial charge on any atom is -0.469 e. The molecule has 0 aliphatic heterocycles. The molecule has 2 nitrogen and oxygen atoms in total. The van der Waals surface area contributed by atoms with Crippen LogP contribution in [0.25, 0.3) is 11.1 Å². The van der Waals surface area contributed by atoms with Gasteiger partial charge in [-0.15, -0.1) is 0 Å². The molecule has 0 amide bonds. The summed E-state index contributed by atoms with van der Waals surface area (Å²) in [6.07, 6.45) is 0.190. The highest BCUT2D eigenvalue weighted by Crippen LogP contribution is 2.25. The Hall–Kier alpha value is -1.80. The van der Waals surface area contributed by atoms with Gasteiger partial charge < -0.3 is 4.74 Å². The van der Waals surface area contributed by atoms with Crippen molar-refractivity contribution in [2.75, 3.05) is 7.11 Å². The first kappa shape index (κ1) is 12.7. The van der Waals surface area contributed by atoms with E-state index in [9.17, 15) is 4.79 Å². The van der Waals surface area contributed by atoms with Crippen molar-refractivity contribution in [1.82, 2.24) is 0 Å². The first-order valence-corrected chi connectivity index (χ1v) is 5.99. The first-order valence-electron chi connectivity index (χ1n) is 5.61. The van der Waals surface area contributed by atoms with E-state index >= 15 is 0 Å². The first-order chi connectivity index (χ1) is 8.70. The van der Waals surface area contributed by atoms with E-state index in [0.717, 1.165) is 16.7 Å². The number of benzene rings is 2. The average Bonchev–Trinajstić information content (AvgIpc) is 2.42. The molecule has 2 aromatic carbocycles. The van der Waals surface area contributed by atoms with Crippen LogP contribution in [0.1, 0.15) is 5.56 Å². The molecule has 2 rings (SSSR count). The lowest BCUT2D eigenvalue weighted by Gasteiger charge is -2.07. The second-order valence-electron chi connectivity index (χ2n) is 3.93. The zero-order valence-electron chi connectivity index (χ0n) is 10.0. The van der Waals surface area contributed by atoms with Crippen molar-refractivity contribution in [3.63, 3.8) is 0 Å². The van der Waals surface area contributed by atoms with Crippen molar-refractivity contribution < 1.29 is 9.53 Å². The maximum atomic E-state index is 11.3. The van der Waals surface area contributed by atoms with Crippen LogP contribution >= 0.6 is 11.6 Å². The van der Waals surface area contributed by atoms with Crippen LogP contribution in [0.4, 0.5) is 0 Å². The molecule has 3 heteroatoms. The third-order valence-electron chi connectivity index (χ3n) is 2.72. The number of halogens is 1. The van der Waals surface area contributed by atoms with E-state index in [1.807, 2.05) is 48.5 Å². The normalized spacial score (nSPS) is 10.1. The third kappa shape index (κ3) is 2.90. The van der Waals surface area contributed by atoms with Gasteiger partial charge >= 0.3 is 5.97 Å². The molecule has 0 unspecified atom stereocenters. The Balaban J connectivity index is 2.35. The summed E-state index contributed by atoms with van der Waals surface area (Å²) in [6, 6.07) is 15.6. The molecule has 0 spiro atoms. The molecule has 0 aliphatic rings. The SMILES string of the molecule is COC(=O)Cc1cc(-c2ccccc2)ccc1Cl. The van der Waals surface area contributed by atoms with Crippen LogP contribution in [-0.4, -0.2) is 13.1 Å². The number of ether oxygens (including phenoxy) is 1. The topological polar surface area (TPSA) is 26.3 Å². The zero-order valence-corrected chi connectivity index (χ0v) is 10.8. The number of rotatable bonds is 3. The van der Waals surface area contributed by atoms with Crippen LogP contribution in [0, 0.1) is 0 Å². The van der Waals surface area contributed by atoms with Crippen molar-refractivity contribution >= 4 is 17.6 Å². The second kappa shape index (κ2) is 5.69. The van der Waals surface area contributed by atoms with Gasteiger partial charge in [-0.25, -0.2) is 0 Å². The van der Waals surface area contributed by atoms with E-state index in [1.54, 1.807) is 0 Å². The van der Waals surface area contributed by atoms with E-state index in [2.05, 4.69) is 4.74 Å². The van der Waals surface area contributed by atoms with E-state index < -0.39 is 0 Å². The quantitative estimate of drug-likeness (QED) is 0.786. The molecule has 0 aliphatic carbocycles. The van der Waals surface area contributed by atoms with Crippen LogP contribution in [0.5, 0.6) is 0 Å². The Morgan fingerprint density at radius 1 is 1.11 bits per heavy atom.